The number of ether oxygens (including phenoxy) is 1. The van der Waals surface area contributed by atoms with Crippen molar-refractivity contribution in [2.45, 2.75) is 98.3 Å². The molecule has 0 spiro atoms. The quantitative estimate of drug-likeness (QED) is 0.491. The number of rotatable bonds is 4. The summed E-state index contributed by atoms with van der Waals surface area (Å²) in [6.07, 6.45) is 14.8. The number of methoxy groups -OCH3 is 1. The Labute approximate surface area is 173 Å². The molecule has 0 amide bonds. The van der Waals surface area contributed by atoms with Gasteiger partial charge in [-0.15, -0.1) is 0 Å². The molecule has 2 nitrogen and oxygen atoms in total. The second-order valence-electron chi connectivity index (χ2n) is 11.9. The predicted molar refractivity (Wildman–Crippen MR) is 115 cm³/mol. The van der Waals surface area contributed by atoms with Crippen molar-refractivity contribution in [2.75, 3.05) is 7.11 Å². The molecule has 0 N–H and O–H groups in total. The van der Waals surface area contributed by atoms with Gasteiger partial charge in [-0.1, -0.05) is 34.1 Å². The van der Waals surface area contributed by atoms with Gasteiger partial charge in [0, 0.05) is 6.42 Å². The molecular formula is C26H44O2. The molecule has 0 saturated heterocycles. The molecule has 0 aliphatic heterocycles. The largest absolute Gasteiger partial charge is 0.469 e. The Kier molecular flexibility index (Phi) is 5.64. The fourth-order valence-corrected chi connectivity index (χ4v) is 9.10. The van der Waals surface area contributed by atoms with Gasteiger partial charge in [0.05, 0.1) is 7.11 Å². The molecule has 0 aromatic rings. The average Bonchev–Trinajstić information content (AvgIpc) is 3.03. The Bertz CT molecular complexity index is 585. The van der Waals surface area contributed by atoms with E-state index in [1.54, 1.807) is 0 Å². The van der Waals surface area contributed by atoms with Crippen molar-refractivity contribution < 1.29 is 9.53 Å². The van der Waals surface area contributed by atoms with Crippen LogP contribution in [0.15, 0.2) is 0 Å². The van der Waals surface area contributed by atoms with E-state index in [1.807, 2.05) is 0 Å². The number of carbonyl (C=O) groups is 1. The standard InChI is InChI=1S/C26H44O2/c1-17-12-14-25(3)19(16-17)7-8-20-22-10-9-21(18(2)6-11-24(27)28-5)26(22,4)15-13-23(20)25/h17-23H,6-16H2,1-5H3/t17-,18-,19-,20+,21-,22+,23+,25+,26-/m1/s1. The molecule has 4 saturated carbocycles. The summed E-state index contributed by atoms with van der Waals surface area (Å²) >= 11 is 0. The molecule has 160 valence electrons. The normalized spacial score (nSPS) is 48.9. The van der Waals surface area contributed by atoms with Gasteiger partial charge in [0.1, 0.15) is 0 Å². The minimum Gasteiger partial charge on any atom is -0.469 e. The summed E-state index contributed by atoms with van der Waals surface area (Å²) in [5.74, 6) is 6.27. The first-order chi connectivity index (χ1) is 13.3. The molecule has 0 heterocycles. The van der Waals surface area contributed by atoms with E-state index in [4.69, 9.17) is 4.74 Å². The van der Waals surface area contributed by atoms with Crippen molar-refractivity contribution in [1.29, 1.82) is 0 Å². The van der Waals surface area contributed by atoms with Gasteiger partial charge in [-0.3, -0.25) is 4.79 Å². The van der Waals surface area contributed by atoms with E-state index >= 15 is 0 Å². The van der Waals surface area contributed by atoms with Crippen LogP contribution in [0.25, 0.3) is 0 Å². The Morgan fingerprint density at radius 1 is 1.00 bits per heavy atom. The maximum atomic E-state index is 11.7. The van der Waals surface area contributed by atoms with Gasteiger partial charge >= 0.3 is 5.97 Å². The predicted octanol–water partition coefficient (Wildman–Crippen LogP) is 6.87. The van der Waals surface area contributed by atoms with Crippen molar-refractivity contribution in [1.82, 2.24) is 0 Å². The van der Waals surface area contributed by atoms with Gasteiger partial charge in [0.25, 0.3) is 0 Å². The van der Waals surface area contributed by atoms with Crippen LogP contribution >= 0.6 is 0 Å². The number of esters is 1. The van der Waals surface area contributed by atoms with Crippen LogP contribution in [-0.2, 0) is 9.53 Å². The molecular weight excluding hydrogens is 344 g/mol. The number of hydrogen-bond acceptors (Lipinski definition) is 2. The molecule has 2 heteroatoms. The molecule has 4 fully saturated rings. The first-order valence-corrected chi connectivity index (χ1v) is 12.4. The summed E-state index contributed by atoms with van der Waals surface area (Å²) in [7, 11) is 1.52. The molecule has 0 bridgehead atoms. The summed E-state index contributed by atoms with van der Waals surface area (Å²) in [5.41, 5.74) is 1.15. The lowest BCUT2D eigenvalue weighted by atomic mass is 9.44. The van der Waals surface area contributed by atoms with Gasteiger partial charge < -0.3 is 4.74 Å². The zero-order valence-electron chi connectivity index (χ0n) is 19.1. The maximum Gasteiger partial charge on any atom is 0.305 e. The van der Waals surface area contributed by atoms with Crippen LogP contribution in [0.5, 0.6) is 0 Å². The zero-order chi connectivity index (χ0) is 20.1. The van der Waals surface area contributed by atoms with Crippen molar-refractivity contribution in [3.05, 3.63) is 0 Å². The van der Waals surface area contributed by atoms with E-state index < -0.39 is 0 Å². The summed E-state index contributed by atoms with van der Waals surface area (Å²) in [6.45, 7) is 10.2. The summed E-state index contributed by atoms with van der Waals surface area (Å²) in [4.78, 5) is 11.7. The van der Waals surface area contributed by atoms with E-state index in [9.17, 15) is 4.79 Å². The van der Waals surface area contributed by atoms with Crippen molar-refractivity contribution in [3.63, 3.8) is 0 Å². The highest BCUT2D eigenvalue weighted by atomic mass is 16.5. The average molecular weight is 389 g/mol. The molecule has 4 aliphatic rings. The van der Waals surface area contributed by atoms with E-state index in [-0.39, 0.29) is 5.97 Å². The van der Waals surface area contributed by atoms with Crippen molar-refractivity contribution >= 4 is 5.97 Å². The van der Waals surface area contributed by atoms with Crippen molar-refractivity contribution in [2.24, 2.45) is 52.3 Å². The van der Waals surface area contributed by atoms with E-state index in [0.29, 0.717) is 23.2 Å². The third kappa shape index (κ3) is 3.25. The second kappa shape index (κ2) is 7.62. The highest BCUT2D eigenvalue weighted by molar-refractivity contribution is 5.69. The third-order valence-electron chi connectivity index (χ3n) is 10.7. The molecule has 28 heavy (non-hydrogen) atoms. The van der Waals surface area contributed by atoms with Gasteiger partial charge in [-0.05, 0) is 110 Å². The van der Waals surface area contributed by atoms with E-state index in [2.05, 4.69) is 27.7 Å². The monoisotopic (exact) mass is 388 g/mol. The van der Waals surface area contributed by atoms with Crippen molar-refractivity contribution in [3.8, 4) is 0 Å². The Hall–Kier alpha value is -0.530. The second-order valence-corrected chi connectivity index (χ2v) is 11.9. The summed E-state index contributed by atoms with van der Waals surface area (Å²) < 4.78 is 4.90. The van der Waals surface area contributed by atoms with Crippen LogP contribution in [0.4, 0.5) is 0 Å². The topological polar surface area (TPSA) is 26.3 Å². The Balaban J connectivity index is 1.48. The van der Waals surface area contributed by atoms with Crippen LogP contribution in [0, 0.1) is 52.3 Å². The minimum atomic E-state index is -0.0342. The van der Waals surface area contributed by atoms with Crippen LogP contribution in [-0.4, -0.2) is 13.1 Å². The van der Waals surface area contributed by atoms with Gasteiger partial charge in [-0.2, -0.15) is 0 Å². The maximum absolute atomic E-state index is 11.7. The molecule has 0 unspecified atom stereocenters. The zero-order valence-corrected chi connectivity index (χ0v) is 19.1. The highest BCUT2D eigenvalue weighted by Gasteiger charge is 2.60. The molecule has 9 atom stereocenters. The first-order valence-electron chi connectivity index (χ1n) is 12.4. The fourth-order valence-electron chi connectivity index (χ4n) is 9.10. The first kappa shape index (κ1) is 20.7. The lowest BCUT2D eigenvalue weighted by Crippen LogP contribution is -2.53. The molecule has 0 radical (unpaired) electrons. The number of fused-ring (bicyclic) bond motifs is 5. The molecule has 0 aromatic heterocycles. The van der Waals surface area contributed by atoms with E-state index in [0.717, 1.165) is 41.9 Å². The fraction of sp³-hybridized carbons (Fsp3) is 0.962. The van der Waals surface area contributed by atoms with Gasteiger partial charge in [0.15, 0.2) is 0 Å². The lowest BCUT2D eigenvalue weighted by molar-refractivity contribution is -0.141. The van der Waals surface area contributed by atoms with Gasteiger partial charge in [-0.25, -0.2) is 0 Å². The smallest absolute Gasteiger partial charge is 0.305 e. The van der Waals surface area contributed by atoms with Crippen LogP contribution in [0.2, 0.25) is 0 Å². The summed E-state index contributed by atoms with van der Waals surface area (Å²) in [5, 5.41) is 0. The summed E-state index contributed by atoms with van der Waals surface area (Å²) in [6, 6.07) is 0. The molecule has 4 aliphatic carbocycles. The SMILES string of the molecule is COC(=O)CC[C@@H](C)[C@H]1CC[C@H]2[C@@H]3CC[C@@H]4C[C@H](C)CC[C@]4(C)[C@H]3CC[C@]12C. The Morgan fingerprint density at radius 2 is 1.71 bits per heavy atom. The third-order valence-corrected chi connectivity index (χ3v) is 10.7. The Morgan fingerprint density at radius 3 is 2.46 bits per heavy atom. The molecule has 0 aromatic carbocycles. The number of carbonyl (C=O) groups excluding carboxylic acids is 1. The minimum absolute atomic E-state index is 0.0342. The number of hydrogen-bond donors (Lipinski definition) is 0. The van der Waals surface area contributed by atoms with E-state index in [1.165, 1.54) is 64.9 Å². The van der Waals surface area contributed by atoms with Crippen LogP contribution in [0.3, 0.4) is 0 Å². The highest BCUT2D eigenvalue weighted by Crippen LogP contribution is 2.68. The lowest BCUT2D eigenvalue weighted by Gasteiger charge is -2.61. The van der Waals surface area contributed by atoms with Crippen LogP contribution in [0.1, 0.15) is 98.3 Å². The molecule has 4 rings (SSSR count). The van der Waals surface area contributed by atoms with Crippen LogP contribution < -0.4 is 0 Å². The van der Waals surface area contributed by atoms with Gasteiger partial charge in [0.2, 0.25) is 0 Å².